The zero-order valence-corrected chi connectivity index (χ0v) is 14.3. The summed E-state index contributed by atoms with van der Waals surface area (Å²) in [7, 11) is 4.82. The Kier molecular flexibility index (Phi) is 4.81. The van der Waals surface area contributed by atoms with Crippen LogP contribution in [0, 0.1) is 0 Å². The maximum atomic E-state index is 9.79. The number of rotatable bonds is 5. The molecule has 0 radical (unpaired) electrons. The summed E-state index contributed by atoms with van der Waals surface area (Å²) < 4.78 is 16.3. The molecule has 0 aliphatic carbocycles. The zero-order chi connectivity index (χ0) is 17.1. The number of benzene rings is 2. The highest BCUT2D eigenvalue weighted by molar-refractivity contribution is 5.64. The predicted molar refractivity (Wildman–Crippen MR) is 93.4 cm³/mol. The van der Waals surface area contributed by atoms with Crippen molar-refractivity contribution in [3.63, 3.8) is 0 Å². The molecule has 0 fully saturated rings. The van der Waals surface area contributed by atoms with Gasteiger partial charge in [0.1, 0.15) is 0 Å². The van der Waals surface area contributed by atoms with Crippen molar-refractivity contribution in [1.29, 1.82) is 0 Å². The Labute approximate surface area is 142 Å². The number of methoxy groups -OCH3 is 3. The van der Waals surface area contributed by atoms with Crippen LogP contribution in [0.25, 0.3) is 0 Å². The Morgan fingerprint density at radius 1 is 1.04 bits per heavy atom. The Morgan fingerprint density at radius 2 is 1.71 bits per heavy atom. The van der Waals surface area contributed by atoms with E-state index in [4.69, 9.17) is 14.2 Å². The second-order valence-corrected chi connectivity index (χ2v) is 5.84. The van der Waals surface area contributed by atoms with E-state index in [1.165, 1.54) is 11.1 Å². The minimum Gasteiger partial charge on any atom is -0.493 e. The number of fused-ring (bicyclic) bond motifs is 1. The first kappa shape index (κ1) is 16.5. The molecule has 5 nitrogen and oxygen atoms in total. The first-order chi connectivity index (χ1) is 11.7. The first-order valence-electron chi connectivity index (χ1n) is 7.95. The van der Waals surface area contributed by atoms with Gasteiger partial charge < -0.3 is 24.2 Å². The van der Waals surface area contributed by atoms with Crippen LogP contribution < -0.4 is 19.1 Å². The minimum absolute atomic E-state index is 0.0917. The lowest BCUT2D eigenvalue weighted by Gasteiger charge is -2.36. The quantitative estimate of drug-likeness (QED) is 0.914. The van der Waals surface area contributed by atoms with Crippen molar-refractivity contribution in [3.05, 3.63) is 47.5 Å². The molecule has 0 bridgehead atoms. The normalized spacial score (nSPS) is 16.5. The predicted octanol–water partition coefficient (Wildman–Crippen LogP) is 2.81. The van der Waals surface area contributed by atoms with Gasteiger partial charge >= 0.3 is 0 Å². The van der Waals surface area contributed by atoms with E-state index in [0.717, 1.165) is 18.8 Å². The summed E-state index contributed by atoms with van der Waals surface area (Å²) in [5.74, 6) is 1.94. The second kappa shape index (κ2) is 7.01. The number of nitrogens with zero attached hydrogens (tertiary/aromatic N) is 1. The minimum atomic E-state index is 0.0917. The smallest absolute Gasteiger partial charge is 0.203 e. The Hall–Kier alpha value is -2.40. The average Bonchev–Trinajstić information content (AvgIpc) is 2.65. The second-order valence-electron chi connectivity index (χ2n) is 5.84. The Morgan fingerprint density at radius 3 is 2.29 bits per heavy atom. The van der Waals surface area contributed by atoms with E-state index in [1.807, 2.05) is 24.3 Å². The standard InChI is InChI=1S/C19H23NO4/c1-22-17-8-15(9-18(23-2)19(17)24-3)20-10-13-6-4-5-7-16(13)14(11-20)12-21/h4-9,14,21H,10-12H2,1-3H3/t14-/m0/s1. The Balaban J connectivity index is 2.01. The summed E-state index contributed by atoms with van der Waals surface area (Å²) in [4.78, 5) is 2.23. The Bertz CT molecular complexity index is 691. The van der Waals surface area contributed by atoms with Crippen molar-refractivity contribution in [2.75, 3.05) is 39.4 Å². The number of anilines is 1. The van der Waals surface area contributed by atoms with Crippen molar-refractivity contribution in [3.8, 4) is 17.2 Å². The lowest BCUT2D eigenvalue weighted by molar-refractivity contribution is 0.262. The third kappa shape index (κ3) is 2.87. The number of hydrogen-bond donors (Lipinski definition) is 1. The number of hydrogen-bond acceptors (Lipinski definition) is 5. The van der Waals surface area contributed by atoms with Crippen molar-refractivity contribution < 1.29 is 19.3 Å². The SMILES string of the molecule is COc1cc(N2Cc3ccccc3[C@H](CO)C2)cc(OC)c1OC. The van der Waals surface area contributed by atoms with Crippen LogP contribution >= 0.6 is 0 Å². The topological polar surface area (TPSA) is 51.2 Å². The van der Waals surface area contributed by atoms with Crippen molar-refractivity contribution in [2.24, 2.45) is 0 Å². The summed E-state index contributed by atoms with van der Waals surface area (Å²) in [5.41, 5.74) is 3.44. The molecule has 0 saturated carbocycles. The summed E-state index contributed by atoms with van der Waals surface area (Å²) in [6.45, 7) is 1.65. The van der Waals surface area contributed by atoms with Gasteiger partial charge in [0, 0.05) is 36.8 Å². The molecule has 1 N–H and O–H groups in total. The van der Waals surface area contributed by atoms with Crippen LogP contribution in [0.1, 0.15) is 17.0 Å². The monoisotopic (exact) mass is 329 g/mol. The molecular weight excluding hydrogens is 306 g/mol. The van der Waals surface area contributed by atoms with Crippen LogP contribution in [0.2, 0.25) is 0 Å². The molecule has 1 atom stereocenters. The molecule has 2 aromatic rings. The highest BCUT2D eigenvalue weighted by Gasteiger charge is 2.26. The van der Waals surface area contributed by atoms with E-state index in [2.05, 4.69) is 17.0 Å². The van der Waals surface area contributed by atoms with Gasteiger partial charge in [-0.05, 0) is 11.1 Å². The molecular formula is C19H23NO4. The van der Waals surface area contributed by atoms with E-state index in [0.29, 0.717) is 17.2 Å². The van der Waals surface area contributed by atoms with Crippen LogP contribution in [0.4, 0.5) is 5.69 Å². The molecule has 5 heteroatoms. The van der Waals surface area contributed by atoms with Gasteiger partial charge in [0.2, 0.25) is 5.75 Å². The molecule has 0 saturated heterocycles. The summed E-state index contributed by atoms with van der Waals surface area (Å²) in [6, 6.07) is 12.2. The zero-order valence-electron chi connectivity index (χ0n) is 14.3. The van der Waals surface area contributed by atoms with Gasteiger partial charge in [-0.2, -0.15) is 0 Å². The number of ether oxygens (including phenoxy) is 3. The van der Waals surface area contributed by atoms with Crippen LogP contribution in [0.3, 0.4) is 0 Å². The molecule has 2 aromatic carbocycles. The number of aliphatic hydroxyl groups excluding tert-OH is 1. The fraction of sp³-hybridized carbons (Fsp3) is 0.368. The van der Waals surface area contributed by atoms with E-state index in [9.17, 15) is 5.11 Å². The van der Waals surface area contributed by atoms with Gasteiger partial charge in [0.15, 0.2) is 11.5 Å². The summed E-state index contributed by atoms with van der Waals surface area (Å²) >= 11 is 0. The molecule has 3 rings (SSSR count). The van der Waals surface area contributed by atoms with Crippen LogP contribution in [0.15, 0.2) is 36.4 Å². The van der Waals surface area contributed by atoms with E-state index in [-0.39, 0.29) is 12.5 Å². The van der Waals surface area contributed by atoms with Gasteiger partial charge in [-0.1, -0.05) is 24.3 Å². The van der Waals surface area contributed by atoms with Crippen LogP contribution in [-0.2, 0) is 6.54 Å². The lowest BCUT2D eigenvalue weighted by atomic mass is 9.90. The molecule has 1 aliphatic heterocycles. The van der Waals surface area contributed by atoms with Gasteiger partial charge in [0.25, 0.3) is 0 Å². The van der Waals surface area contributed by atoms with Gasteiger partial charge in [-0.25, -0.2) is 0 Å². The molecule has 128 valence electrons. The fourth-order valence-corrected chi connectivity index (χ4v) is 3.31. The van der Waals surface area contributed by atoms with Gasteiger partial charge in [0.05, 0.1) is 27.9 Å². The van der Waals surface area contributed by atoms with Crippen molar-refractivity contribution in [2.45, 2.75) is 12.5 Å². The first-order valence-corrected chi connectivity index (χ1v) is 7.95. The van der Waals surface area contributed by atoms with E-state index in [1.54, 1.807) is 21.3 Å². The molecule has 1 heterocycles. The number of aliphatic hydroxyl groups is 1. The molecule has 1 aliphatic rings. The van der Waals surface area contributed by atoms with Gasteiger partial charge in [-0.3, -0.25) is 0 Å². The fourth-order valence-electron chi connectivity index (χ4n) is 3.31. The molecule has 0 aromatic heterocycles. The van der Waals surface area contributed by atoms with E-state index < -0.39 is 0 Å². The van der Waals surface area contributed by atoms with Crippen LogP contribution in [-0.4, -0.2) is 39.6 Å². The highest BCUT2D eigenvalue weighted by Crippen LogP contribution is 2.42. The van der Waals surface area contributed by atoms with Crippen molar-refractivity contribution in [1.82, 2.24) is 0 Å². The average molecular weight is 329 g/mol. The molecule has 0 unspecified atom stereocenters. The lowest BCUT2D eigenvalue weighted by Crippen LogP contribution is -2.35. The summed E-state index contributed by atoms with van der Waals surface area (Å²) in [6.07, 6.45) is 0. The highest BCUT2D eigenvalue weighted by atomic mass is 16.5. The molecule has 0 spiro atoms. The van der Waals surface area contributed by atoms with Crippen molar-refractivity contribution >= 4 is 5.69 Å². The molecule has 0 amide bonds. The van der Waals surface area contributed by atoms with E-state index >= 15 is 0 Å². The van der Waals surface area contributed by atoms with Crippen LogP contribution in [0.5, 0.6) is 17.2 Å². The third-order valence-corrected chi connectivity index (χ3v) is 4.53. The largest absolute Gasteiger partial charge is 0.493 e. The maximum Gasteiger partial charge on any atom is 0.203 e. The molecule has 24 heavy (non-hydrogen) atoms. The van der Waals surface area contributed by atoms with Gasteiger partial charge in [-0.15, -0.1) is 0 Å². The maximum absolute atomic E-state index is 9.79. The third-order valence-electron chi connectivity index (χ3n) is 4.53. The summed E-state index contributed by atoms with van der Waals surface area (Å²) in [5, 5.41) is 9.79.